The molecule has 0 radical (unpaired) electrons. The number of aromatic nitrogens is 3. The normalized spacial score (nSPS) is 14.5. The zero-order chi connectivity index (χ0) is 23.9. The number of pyridine rings is 2. The summed E-state index contributed by atoms with van der Waals surface area (Å²) in [5.74, 6) is 0.0901. The number of hydrogen-bond acceptors (Lipinski definition) is 4. The number of primary amides is 1. The predicted octanol–water partition coefficient (Wildman–Crippen LogP) is 5.71. The highest BCUT2D eigenvalue weighted by atomic mass is 35.5. The average molecular weight is 537 g/mol. The van der Waals surface area contributed by atoms with Crippen molar-refractivity contribution < 1.29 is 4.79 Å². The van der Waals surface area contributed by atoms with Gasteiger partial charge in [-0.15, -0.1) is 24.8 Å². The molecule has 37 heavy (non-hydrogen) atoms. The number of halogens is 2. The molecule has 1 aliphatic rings. The molecule has 0 atom stereocenters. The van der Waals surface area contributed by atoms with Gasteiger partial charge in [0.05, 0.1) is 16.6 Å². The van der Waals surface area contributed by atoms with Crippen LogP contribution in [0, 0.1) is 6.92 Å². The third-order valence-electron chi connectivity index (χ3n) is 7.51. The Morgan fingerprint density at radius 3 is 2.49 bits per heavy atom. The summed E-state index contributed by atoms with van der Waals surface area (Å²) in [5, 5.41) is 2.50. The maximum absolute atomic E-state index is 11.7. The van der Waals surface area contributed by atoms with E-state index in [1.807, 2.05) is 10.5 Å². The minimum atomic E-state index is -0.499. The zero-order valence-electron chi connectivity index (χ0n) is 20.8. The fraction of sp³-hybridized carbons (Fsp3) is 0.276. The fourth-order valence-corrected chi connectivity index (χ4v) is 5.66. The maximum atomic E-state index is 11.7. The van der Waals surface area contributed by atoms with E-state index in [0.717, 1.165) is 48.3 Å². The Hall–Kier alpha value is -3.19. The lowest BCUT2D eigenvalue weighted by molar-refractivity contribution is 0.0997. The molecule has 3 aromatic heterocycles. The second-order valence-corrected chi connectivity index (χ2v) is 9.63. The van der Waals surface area contributed by atoms with Crippen LogP contribution in [-0.2, 0) is 6.42 Å². The number of imidazole rings is 1. The van der Waals surface area contributed by atoms with Gasteiger partial charge in [0.25, 0.3) is 5.91 Å². The van der Waals surface area contributed by atoms with Crippen LogP contribution in [0.4, 0.5) is 0 Å². The van der Waals surface area contributed by atoms with Crippen LogP contribution in [-0.4, -0.2) is 44.8 Å². The first-order valence-electron chi connectivity index (χ1n) is 12.3. The number of nitrogens with two attached hydrogens (primary N) is 1. The number of likely N-dealkylation sites (tertiary alicyclic amines) is 1. The summed E-state index contributed by atoms with van der Waals surface area (Å²) < 4.78 is 1.96. The van der Waals surface area contributed by atoms with Gasteiger partial charge in [0.2, 0.25) is 0 Å². The molecule has 6 nitrogen and oxygen atoms in total. The van der Waals surface area contributed by atoms with Crippen molar-refractivity contribution in [3.8, 4) is 0 Å². The van der Waals surface area contributed by atoms with E-state index in [0.29, 0.717) is 11.6 Å². The van der Waals surface area contributed by atoms with Crippen LogP contribution in [0.2, 0.25) is 0 Å². The molecule has 0 spiro atoms. The van der Waals surface area contributed by atoms with Crippen molar-refractivity contribution >= 4 is 58.0 Å². The number of aryl methyl sites for hydroxylation is 1. The molecule has 6 rings (SSSR count). The second kappa shape index (κ2) is 11.1. The topological polar surface area (TPSA) is 76.5 Å². The number of amides is 1. The molecule has 1 saturated heterocycles. The Balaban J connectivity index is 0.00000160. The number of hydrogen-bond donors (Lipinski definition) is 1. The lowest BCUT2D eigenvalue weighted by Gasteiger charge is -2.32. The molecule has 4 heterocycles. The van der Waals surface area contributed by atoms with Crippen molar-refractivity contribution in [2.24, 2.45) is 5.73 Å². The van der Waals surface area contributed by atoms with Crippen molar-refractivity contribution in [1.29, 1.82) is 0 Å². The van der Waals surface area contributed by atoms with Crippen LogP contribution in [0.1, 0.15) is 46.1 Å². The lowest BCUT2D eigenvalue weighted by atomic mass is 9.87. The van der Waals surface area contributed by atoms with E-state index in [1.54, 1.807) is 6.33 Å². The predicted molar refractivity (Wildman–Crippen MR) is 154 cm³/mol. The van der Waals surface area contributed by atoms with Crippen molar-refractivity contribution in [3.63, 3.8) is 0 Å². The van der Waals surface area contributed by atoms with Gasteiger partial charge < -0.3 is 10.6 Å². The smallest absolute Gasteiger partial charge is 0.269 e. The standard InChI is InChI=1S/C29H29N5O.2ClH/c1-19-8-9-24-22(5-3-6-25(24)32-19)21-13-16-33(17-14-21)15-12-20-4-2-7-26-23(20)10-11-27-28(29(30)35)31-18-34(26)27;;/h2-11,18,21H,12-17H2,1H3,(H2,30,35);2*1H. The first-order valence-corrected chi connectivity index (χ1v) is 12.3. The molecule has 0 aliphatic carbocycles. The molecule has 8 heteroatoms. The van der Waals surface area contributed by atoms with E-state index >= 15 is 0 Å². The summed E-state index contributed by atoms with van der Waals surface area (Å²) in [7, 11) is 0. The van der Waals surface area contributed by atoms with Crippen molar-refractivity contribution in [3.05, 3.63) is 89.5 Å². The SMILES string of the molecule is Cc1ccc2c(C3CCN(CCc4cccc5c4ccc4c(C(N)=O)ncn45)CC3)cccc2n1.Cl.Cl. The van der Waals surface area contributed by atoms with E-state index in [1.165, 1.54) is 34.7 Å². The zero-order valence-corrected chi connectivity index (χ0v) is 22.4. The minimum absolute atomic E-state index is 0. The molecule has 2 aromatic carbocycles. The van der Waals surface area contributed by atoms with Crippen molar-refractivity contribution in [1.82, 2.24) is 19.3 Å². The van der Waals surface area contributed by atoms with Gasteiger partial charge >= 0.3 is 0 Å². The van der Waals surface area contributed by atoms with E-state index in [9.17, 15) is 4.79 Å². The van der Waals surface area contributed by atoms with Gasteiger partial charge in [-0.3, -0.25) is 14.2 Å². The van der Waals surface area contributed by atoms with E-state index in [4.69, 9.17) is 10.7 Å². The molecule has 0 bridgehead atoms. The van der Waals surface area contributed by atoms with Crippen LogP contribution < -0.4 is 5.73 Å². The van der Waals surface area contributed by atoms with E-state index < -0.39 is 5.91 Å². The third kappa shape index (κ3) is 5.01. The Bertz CT molecular complexity index is 1570. The van der Waals surface area contributed by atoms with E-state index in [-0.39, 0.29) is 24.8 Å². The van der Waals surface area contributed by atoms with Crippen LogP contribution in [0.3, 0.4) is 0 Å². The molecule has 1 fully saturated rings. The minimum Gasteiger partial charge on any atom is -0.364 e. The van der Waals surface area contributed by atoms with E-state index in [2.05, 4.69) is 71.4 Å². The van der Waals surface area contributed by atoms with Gasteiger partial charge in [-0.25, -0.2) is 4.98 Å². The largest absolute Gasteiger partial charge is 0.364 e. The quantitative estimate of drug-likeness (QED) is 0.312. The number of rotatable bonds is 5. The number of carbonyl (C=O) groups excluding carboxylic acids is 1. The lowest BCUT2D eigenvalue weighted by Crippen LogP contribution is -2.34. The number of fused-ring (bicyclic) bond motifs is 4. The molecule has 5 aromatic rings. The molecule has 0 unspecified atom stereocenters. The van der Waals surface area contributed by atoms with Gasteiger partial charge in [-0.1, -0.05) is 36.4 Å². The fourth-order valence-electron chi connectivity index (χ4n) is 5.66. The summed E-state index contributed by atoms with van der Waals surface area (Å²) in [6, 6.07) is 21.3. The first-order chi connectivity index (χ1) is 17.1. The van der Waals surface area contributed by atoms with Gasteiger partial charge in [0, 0.05) is 23.0 Å². The van der Waals surface area contributed by atoms with Crippen LogP contribution in [0.5, 0.6) is 0 Å². The molecule has 192 valence electrons. The summed E-state index contributed by atoms with van der Waals surface area (Å²) >= 11 is 0. The average Bonchev–Trinajstić information content (AvgIpc) is 3.32. The second-order valence-electron chi connectivity index (χ2n) is 9.63. The van der Waals surface area contributed by atoms with Crippen LogP contribution in [0.25, 0.3) is 27.3 Å². The van der Waals surface area contributed by atoms with Crippen molar-refractivity contribution in [2.75, 3.05) is 19.6 Å². The summed E-state index contributed by atoms with van der Waals surface area (Å²) in [6.07, 6.45) is 5.03. The number of benzene rings is 2. The number of nitrogens with zero attached hydrogens (tertiary/aromatic N) is 4. The summed E-state index contributed by atoms with van der Waals surface area (Å²) in [6.45, 7) is 5.31. The highest BCUT2D eigenvalue weighted by Crippen LogP contribution is 2.33. The number of piperidine rings is 1. The Kier molecular flexibility index (Phi) is 8.02. The Morgan fingerprint density at radius 1 is 0.946 bits per heavy atom. The molecule has 1 amide bonds. The number of carbonyl (C=O) groups is 1. The molecular formula is C29H31Cl2N5O. The Morgan fingerprint density at radius 2 is 1.70 bits per heavy atom. The van der Waals surface area contributed by atoms with Gasteiger partial charge in [-0.05, 0) is 80.6 Å². The third-order valence-corrected chi connectivity index (χ3v) is 7.51. The highest BCUT2D eigenvalue weighted by Gasteiger charge is 2.22. The molecule has 0 saturated carbocycles. The first kappa shape index (κ1) is 26.9. The van der Waals surface area contributed by atoms with Gasteiger partial charge in [0.1, 0.15) is 6.33 Å². The summed E-state index contributed by atoms with van der Waals surface area (Å²) in [4.78, 5) is 23.2. The van der Waals surface area contributed by atoms with Gasteiger partial charge in [-0.2, -0.15) is 0 Å². The molecular weight excluding hydrogens is 505 g/mol. The Labute approximate surface area is 228 Å². The maximum Gasteiger partial charge on any atom is 0.269 e. The monoisotopic (exact) mass is 535 g/mol. The van der Waals surface area contributed by atoms with Crippen molar-refractivity contribution in [2.45, 2.75) is 32.1 Å². The van der Waals surface area contributed by atoms with Crippen LogP contribution in [0.15, 0.2) is 67.0 Å². The van der Waals surface area contributed by atoms with Crippen LogP contribution >= 0.6 is 24.8 Å². The summed E-state index contributed by atoms with van der Waals surface area (Å²) in [5.41, 5.74) is 12.5. The van der Waals surface area contributed by atoms with Gasteiger partial charge in [0.15, 0.2) is 5.69 Å². The molecule has 2 N–H and O–H groups in total. The molecule has 1 aliphatic heterocycles. The highest BCUT2D eigenvalue weighted by molar-refractivity contribution is 5.99.